The van der Waals surface area contributed by atoms with Gasteiger partial charge < -0.3 is 4.74 Å². The van der Waals surface area contributed by atoms with Crippen molar-refractivity contribution in [2.45, 2.75) is 6.18 Å². The number of hydrogen-bond donors (Lipinski definition) is 1. The minimum Gasteiger partial charge on any atom is -0.497 e. The van der Waals surface area contributed by atoms with Gasteiger partial charge in [0.15, 0.2) is 0 Å². The van der Waals surface area contributed by atoms with Gasteiger partial charge in [-0.3, -0.25) is 5.43 Å². The molecule has 0 atom stereocenters. The molecule has 0 aliphatic rings. The Hall–Kier alpha value is -1.43. The summed E-state index contributed by atoms with van der Waals surface area (Å²) < 4.78 is 40.7. The molecule has 1 aromatic rings. The zero-order valence-electron chi connectivity index (χ0n) is 8.18. The number of alkyl halides is 3. The van der Waals surface area contributed by atoms with E-state index in [1.807, 2.05) is 0 Å². The predicted octanol–water partition coefficient (Wildman–Crippen LogP) is 3.22. The van der Waals surface area contributed by atoms with Crippen LogP contribution >= 0.6 is 11.6 Å². The van der Waals surface area contributed by atoms with Crippen LogP contribution < -0.4 is 10.2 Å². The van der Waals surface area contributed by atoms with Gasteiger partial charge in [0, 0.05) is 0 Å². The lowest BCUT2D eigenvalue weighted by molar-refractivity contribution is -0.0559. The van der Waals surface area contributed by atoms with Crippen LogP contribution in [0.2, 0.25) is 0 Å². The average Bonchev–Trinajstić information content (AvgIpc) is 2.25. The summed E-state index contributed by atoms with van der Waals surface area (Å²) in [6.45, 7) is 0. The minimum atomic E-state index is -4.64. The Balaban J connectivity index is 2.67. The third kappa shape index (κ3) is 3.62. The highest BCUT2D eigenvalue weighted by Crippen LogP contribution is 2.20. The Morgan fingerprint density at radius 1 is 1.31 bits per heavy atom. The molecule has 7 heteroatoms. The maximum atomic E-state index is 11.9. The number of rotatable bonds is 3. The van der Waals surface area contributed by atoms with Crippen LogP contribution in [0.3, 0.4) is 0 Å². The van der Waals surface area contributed by atoms with E-state index in [4.69, 9.17) is 16.3 Å². The molecule has 88 valence electrons. The summed E-state index contributed by atoms with van der Waals surface area (Å²) in [4.78, 5) is 0. The van der Waals surface area contributed by atoms with Crippen LogP contribution in [0, 0.1) is 0 Å². The van der Waals surface area contributed by atoms with E-state index in [9.17, 15) is 13.2 Å². The molecule has 0 aliphatic carbocycles. The van der Waals surface area contributed by atoms with Gasteiger partial charge in [-0.05, 0) is 24.3 Å². The zero-order chi connectivity index (χ0) is 12.2. The molecule has 0 heterocycles. The fourth-order valence-electron chi connectivity index (χ4n) is 0.843. The molecule has 16 heavy (non-hydrogen) atoms. The van der Waals surface area contributed by atoms with E-state index >= 15 is 0 Å². The van der Waals surface area contributed by atoms with Gasteiger partial charge in [0.25, 0.3) is 0 Å². The van der Waals surface area contributed by atoms with Crippen molar-refractivity contribution in [3.63, 3.8) is 0 Å². The summed E-state index contributed by atoms with van der Waals surface area (Å²) in [7, 11) is 1.49. The van der Waals surface area contributed by atoms with Gasteiger partial charge in [0.2, 0.25) is 5.17 Å². The van der Waals surface area contributed by atoms with E-state index in [-0.39, 0.29) is 0 Å². The first-order chi connectivity index (χ1) is 7.43. The molecule has 0 aliphatic heterocycles. The summed E-state index contributed by atoms with van der Waals surface area (Å²) in [6.07, 6.45) is -4.64. The van der Waals surface area contributed by atoms with Crippen LogP contribution in [0.5, 0.6) is 5.75 Å². The van der Waals surface area contributed by atoms with Crippen molar-refractivity contribution in [2.24, 2.45) is 5.10 Å². The fourth-order valence-corrected chi connectivity index (χ4v) is 0.885. The first-order valence-corrected chi connectivity index (χ1v) is 4.51. The van der Waals surface area contributed by atoms with E-state index in [2.05, 4.69) is 10.5 Å². The summed E-state index contributed by atoms with van der Waals surface area (Å²) >= 11 is 4.90. The van der Waals surface area contributed by atoms with Crippen LogP contribution in [-0.2, 0) is 0 Å². The average molecular weight is 253 g/mol. The monoisotopic (exact) mass is 252 g/mol. The van der Waals surface area contributed by atoms with Crippen LogP contribution in [0.4, 0.5) is 18.9 Å². The first-order valence-electron chi connectivity index (χ1n) is 4.14. The number of anilines is 1. The van der Waals surface area contributed by atoms with Crippen LogP contribution in [0.1, 0.15) is 0 Å². The molecule has 0 saturated carbocycles. The van der Waals surface area contributed by atoms with Gasteiger partial charge in [0.1, 0.15) is 5.75 Å². The normalized spacial score (nSPS) is 12.4. The Morgan fingerprint density at radius 3 is 2.31 bits per heavy atom. The maximum absolute atomic E-state index is 11.9. The van der Waals surface area contributed by atoms with E-state index in [0.29, 0.717) is 11.4 Å². The topological polar surface area (TPSA) is 33.6 Å². The highest BCUT2D eigenvalue weighted by molar-refractivity contribution is 6.66. The molecule has 1 aromatic carbocycles. The number of methoxy groups -OCH3 is 1. The molecular weight excluding hydrogens is 245 g/mol. The van der Waals surface area contributed by atoms with Crippen molar-refractivity contribution in [1.82, 2.24) is 0 Å². The van der Waals surface area contributed by atoms with Crippen molar-refractivity contribution in [1.29, 1.82) is 0 Å². The summed E-state index contributed by atoms with van der Waals surface area (Å²) in [5.41, 5.74) is 2.56. The smallest absolute Gasteiger partial charge is 0.446 e. The number of hydrazone groups is 1. The van der Waals surface area contributed by atoms with Crippen LogP contribution in [-0.4, -0.2) is 18.5 Å². The number of benzene rings is 1. The number of halogens is 4. The molecule has 3 nitrogen and oxygen atoms in total. The Bertz CT molecular complexity index is 375. The van der Waals surface area contributed by atoms with Crippen LogP contribution in [0.25, 0.3) is 0 Å². The van der Waals surface area contributed by atoms with E-state index in [1.165, 1.54) is 19.2 Å². The Morgan fingerprint density at radius 2 is 1.88 bits per heavy atom. The van der Waals surface area contributed by atoms with Crippen molar-refractivity contribution in [2.75, 3.05) is 12.5 Å². The Labute approximate surface area is 94.9 Å². The van der Waals surface area contributed by atoms with E-state index in [1.54, 1.807) is 12.1 Å². The lowest BCUT2D eigenvalue weighted by Crippen LogP contribution is -2.18. The number of hydrogen-bond acceptors (Lipinski definition) is 3. The van der Waals surface area contributed by atoms with Gasteiger partial charge in [-0.15, -0.1) is 0 Å². The van der Waals surface area contributed by atoms with Crippen molar-refractivity contribution in [3.05, 3.63) is 24.3 Å². The van der Waals surface area contributed by atoms with Gasteiger partial charge in [0.05, 0.1) is 12.8 Å². The molecule has 0 aromatic heterocycles. The highest BCUT2D eigenvalue weighted by atomic mass is 35.5. The second-order valence-corrected chi connectivity index (χ2v) is 3.10. The van der Waals surface area contributed by atoms with Crippen LogP contribution in [0.15, 0.2) is 29.4 Å². The molecule has 0 amide bonds. The summed E-state index contributed by atoms with van der Waals surface area (Å²) in [6, 6.07) is 6.20. The van der Waals surface area contributed by atoms with E-state index in [0.717, 1.165) is 0 Å². The second-order valence-electron chi connectivity index (χ2n) is 2.74. The molecule has 0 bridgehead atoms. The molecule has 0 unspecified atom stereocenters. The summed E-state index contributed by atoms with van der Waals surface area (Å²) in [5, 5.41) is 1.53. The molecular formula is C9H8ClF3N2O. The summed E-state index contributed by atoms with van der Waals surface area (Å²) in [5.74, 6) is 0.594. The zero-order valence-corrected chi connectivity index (χ0v) is 8.93. The van der Waals surface area contributed by atoms with Gasteiger partial charge >= 0.3 is 6.18 Å². The molecule has 0 saturated heterocycles. The lowest BCUT2D eigenvalue weighted by atomic mass is 10.3. The van der Waals surface area contributed by atoms with Crippen molar-refractivity contribution >= 4 is 22.5 Å². The number of ether oxygens (including phenoxy) is 1. The second kappa shape index (κ2) is 5.07. The minimum absolute atomic E-state index is 0.378. The maximum Gasteiger partial charge on any atom is 0.446 e. The Kier molecular flexibility index (Phi) is 4.00. The standard InChI is InChI=1S/C9H8ClF3N2O/c1-16-7-4-2-6(3-5-7)14-15-8(10)9(11,12)13/h2-5,14H,1H3/b15-8-. The lowest BCUT2D eigenvalue weighted by Gasteiger charge is -2.05. The number of nitrogens with one attached hydrogen (secondary N) is 1. The molecule has 0 spiro atoms. The fraction of sp³-hybridized carbons (Fsp3) is 0.222. The number of nitrogens with zero attached hydrogens (tertiary/aromatic N) is 1. The van der Waals surface area contributed by atoms with Gasteiger partial charge in [-0.1, -0.05) is 11.6 Å². The molecule has 1 N–H and O–H groups in total. The van der Waals surface area contributed by atoms with Crippen molar-refractivity contribution in [3.8, 4) is 5.75 Å². The first kappa shape index (κ1) is 12.6. The van der Waals surface area contributed by atoms with Gasteiger partial charge in [-0.2, -0.15) is 18.3 Å². The van der Waals surface area contributed by atoms with Crippen molar-refractivity contribution < 1.29 is 17.9 Å². The predicted molar refractivity (Wildman–Crippen MR) is 56.0 cm³/mol. The van der Waals surface area contributed by atoms with E-state index < -0.39 is 11.3 Å². The molecule has 1 rings (SSSR count). The third-order valence-corrected chi connectivity index (χ3v) is 1.91. The quantitative estimate of drug-likeness (QED) is 0.662. The van der Waals surface area contributed by atoms with Gasteiger partial charge in [-0.25, -0.2) is 0 Å². The highest BCUT2D eigenvalue weighted by Gasteiger charge is 2.34. The largest absolute Gasteiger partial charge is 0.497 e. The SMILES string of the molecule is COc1ccc(N/N=C(\Cl)C(F)(F)F)cc1. The molecule has 0 fully saturated rings. The molecule has 0 radical (unpaired) electrons. The third-order valence-electron chi connectivity index (χ3n) is 1.61.